The zero-order chi connectivity index (χ0) is 13.5. The second-order valence-corrected chi connectivity index (χ2v) is 5.73. The van der Waals surface area contributed by atoms with Gasteiger partial charge in [0.05, 0.1) is 12.2 Å². The second-order valence-electron chi connectivity index (χ2n) is 3.64. The highest BCUT2D eigenvalue weighted by Gasteiger charge is 2.32. The summed E-state index contributed by atoms with van der Waals surface area (Å²) in [7, 11) is -3.70. The molecule has 7 heteroatoms. The Hall–Kier alpha value is -0.300. The lowest BCUT2D eigenvalue weighted by Gasteiger charge is -2.25. The number of halogens is 3. The van der Waals surface area contributed by atoms with E-state index in [1.54, 1.807) is 0 Å². The molecule has 0 atom stereocenters. The van der Waals surface area contributed by atoms with E-state index in [0.717, 1.165) is 19.3 Å². The van der Waals surface area contributed by atoms with Crippen LogP contribution in [0, 0.1) is 0 Å². The summed E-state index contributed by atoms with van der Waals surface area (Å²) in [6.45, 7) is 4.72. The quantitative estimate of drug-likeness (QED) is 0.794. The van der Waals surface area contributed by atoms with E-state index in [1.807, 2.05) is 13.8 Å². The smallest absolute Gasteiger partial charge is 0.212 e. The van der Waals surface area contributed by atoms with Crippen LogP contribution in [-0.4, -0.2) is 37.7 Å². The lowest BCUT2D eigenvalue weighted by molar-refractivity contribution is -0.130. The average Bonchev–Trinajstić information content (AvgIpc) is 2.30. The lowest BCUT2D eigenvalue weighted by Crippen LogP contribution is -2.38. The molecule has 0 amide bonds. The van der Waals surface area contributed by atoms with Crippen molar-refractivity contribution < 1.29 is 21.6 Å². The van der Waals surface area contributed by atoms with Gasteiger partial charge in [-0.1, -0.05) is 20.3 Å². The number of hydrogen-bond acceptors (Lipinski definition) is 2. The van der Waals surface area contributed by atoms with Gasteiger partial charge in [0, 0.05) is 13.1 Å². The molecule has 0 aromatic carbocycles. The Morgan fingerprint density at radius 3 is 1.94 bits per heavy atom. The highest BCUT2D eigenvalue weighted by Crippen LogP contribution is 2.22. The van der Waals surface area contributed by atoms with Crippen molar-refractivity contribution in [2.45, 2.75) is 45.7 Å². The Morgan fingerprint density at radius 1 is 1.06 bits per heavy atom. The van der Waals surface area contributed by atoms with Gasteiger partial charge in [0.2, 0.25) is 10.0 Å². The van der Waals surface area contributed by atoms with E-state index in [-0.39, 0.29) is 0 Å². The largest absolute Gasteiger partial charge is 0.390 e. The molecule has 17 heavy (non-hydrogen) atoms. The monoisotopic (exact) mass is 275 g/mol. The maximum atomic E-state index is 11.9. The summed E-state index contributed by atoms with van der Waals surface area (Å²) in [5, 5.41) is 0. The first-order valence-corrected chi connectivity index (χ1v) is 7.47. The molecule has 0 unspecified atom stereocenters. The SMILES string of the molecule is CC.O=S(=O)(CCC(F)(F)F)N1CCCCC1. The van der Waals surface area contributed by atoms with E-state index in [2.05, 4.69) is 0 Å². The van der Waals surface area contributed by atoms with E-state index in [0.29, 0.717) is 13.1 Å². The topological polar surface area (TPSA) is 37.4 Å². The molecule has 0 spiro atoms. The molecule has 1 heterocycles. The van der Waals surface area contributed by atoms with Crippen molar-refractivity contribution >= 4 is 10.0 Å². The van der Waals surface area contributed by atoms with Gasteiger partial charge in [-0.25, -0.2) is 12.7 Å². The molecule has 1 saturated heterocycles. The summed E-state index contributed by atoms with van der Waals surface area (Å²) in [4.78, 5) is 0. The summed E-state index contributed by atoms with van der Waals surface area (Å²) in [5.41, 5.74) is 0. The van der Waals surface area contributed by atoms with E-state index in [4.69, 9.17) is 0 Å². The zero-order valence-electron chi connectivity index (χ0n) is 10.3. The number of rotatable bonds is 3. The Kier molecular flexibility index (Phi) is 7.08. The van der Waals surface area contributed by atoms with Crippen molar-refractivity contribution in [3.05, 3.63) is 0 Å². The normalized spacial score (nSPS) is 18.4. The maximum Gasteiger partial charge on any atom is 0.390 e. The van der Waals surface area contributed by atoms with E-state index in [9.17, 15) is 21.6 Å². The summed E-state index contributed by atoms with van der Waals surface area (Å²) in [6, 6.07) is 0. The first kappa shape index (κ1) is 16.7. The van der Waals surface area contributed by atoms with Crippen LogP contribution in [-0.2, 0) is 10.0 Å². The molecule has 0 aliphatic carbocycles. The molecule has 1 aliphatic heterocycles. The van der Waals surface area contributed by atoms with Crippen molar-refractivity contribution in [1.29, 1.82) is 0 Å². The van der Waals surface area contributed by atoms with Crippen LogP contribution in [0.3, 0.4) is 0 Å². The van der Waals surface area contributed by atoms with Crippen molar-refractivity contribution in [1.82, 2.24) is 4.31 Å². The van der Waals surface area contributed by atoms with Gasteiger partial charge in [0.15, 0.2) is 0 Å². The fourth-order valence-electron chi connectivity index (χ4n) is 1.52. The van der Waals surface area contributed by atoms with E-state index in [1.165, 1.54) is 4.31 Å². The van der Waals surface area contributed by atoms with Crippen LogP contribution >= 0.6 is 0 Å². The van der Waals surface area contributed by atoms with Crippen LogP contribution in [0.1, 0.15) is 39.5 Å². The average molecular weight is 275 g/mol. The van der Waals surface area contributed by atoms with Gasteiger partial charge in [-0.3, -0.25) is 0 Å². The predicted octanol–water partition coefficient (Wildman–Crippen LogP) is 2.78. The van der Waals surface area contributed by atoms with Gasteiger partial charge in [0.25, 0.3) is 0 Å². The maximum absolute atomic E-state index is 11.9. The molecule has 1 aliphatic rings. The van der Waals surface area contributed by atoms with Crippen LogP contribution in [0.2, 0.25) is 0 Å². The van der Waals surface area contributed by atoms with Gasteiger partial charge >= 0.3 is 6.18 Å². The molecule has 0 radical (unpaired) electrons. The summed E-state index contributed by atoms with van der Waals surface area (Å²) >= 11 is 0. The number of alkyl halides is 3. The first-order valence-electron chi connectivity index (χ1n) is 5.86. The molecule has 0 bridgehead atoms. The van der Waals surface area contributed by atoms with Gasteiger partial charge in [-0.2, -0.15) is 13.2 Å². The minimum Gasteiger partial charge on any atom is -0.212 e. The van der Waals surface area contributed by atoms with Crippen LogP contribution in [0.5, 0.6) is 0 Å². The molecule has 0 saturated carbocycles. The minimum absolute atomic E-state index is 0.361. The highest BCUT2D eigenvalue weighted by atomic mass is 32.2. The van der Waals surface area contributed by atoms with Crippen molar-refractivity contribution in [3.63, 3.8) is 0 Å². The van der Waals surface area contributed by atoms with Crippen LogP contribution in [0.15, 0.2) is 0 Å². The Morgan fingerprint density at radius 2 is 1.53 bits per heavy atom. The molecule has 104 valence electrons. The molecule has 0 aromatic rings. The van der Waals surface area contributed by atoms with Crippen molar-refractivity contribution in [3.8, 4) is 0 Å². The second kappa shape index (κ2) is 7.20. The predicted molar refractivity (Wildman–Crippen MR) is 61.2 cm³/mol. The fourth-order valence-corrected chi connectivity index (χ4v) is 3.08. The van der Waals surface area contributed by atoms with Crippen molar-refractivity contribution in [2.24, 2.45) is 0 Å². The van der Waals surface area contributed by atoms with Crippen LogP contribution in [0.25, 0.3) is 0 Å². The van der Waals surface area contributed by atoms with E-state index < -0.39 is 28.4 Å². The number of piperidine rings is 1. The highest BCUT2D eigenvalue weighted by molar-refractivity contribution is 7.89. The van der Waals surface area contributed by atoms with Gasteiger partial charge in [-0.15, -0.1) is 0 Å². The molecule has 1 rings (SSSR count). The number of sulfonamides is 1. The van der Waals surface area contributed by atoms with Gasteiger partial charge in [-0.05, 0) is 12.8 Å². The number of nitrogens with zero attached hydrogens (tertiary/aromatic N) is 1. The minimum atomic E-state index is -4.40. The third kappa shape index (κ3) is 6.88. The standard InChI is InChI=1S/C8H14F3NO2S.C2H6/c9-8(10,11)4-7-15(13,14)12-5-2-1-3-6-12;1-2/h1-7H2;1-2H3. The van der Waals surface area contributed by atoms with E-state index >= 15 is 0 Å². The third-order valence-electron chi connectivity index (χ3n) is 2.35. The van der Waals surface area contributed by atoms with Gasteiger partial charge in [0.1, 0.15) is 0 Å². The Labute approximate surface area is 101 Å². The fraction of sp³-hybridized carbons (Fsp3) is 1.00. The van der Waals surface area contributed by atoms with Crippen LogP contribution in [0.4, 0.5) is 13.2 Å². The van der Waals surface area contributed by atoms with Crippen molar-refractivity contribution in [2.75, 3.05) is 18.8 Å². The third-order valence-corrected chi connectivity index (χ3v) is 4.22. The summed E-state index contributed by atoms with van der Waals surface area (Å²) < 4.78 is 59.7. The molecule has 1 fully saturated rings. The first-order chi connectivity index (χ1) is 7.81. The Bertz CT molecular complexity index is 295. The van der Waals surface area contributed by atoms with Gasteiger partial charge < -0.3 is 0 Å². The zero-order valence-corrected chi connectivity index (χ0v) is 11.1. The molecular weight excluding hydrogens is 255 g/mol. The summed E-state index contributed by atoms with van der Waals surface area (Å²) in [6.07, 6.45) is -3.23. The van der Waals surface area contributed by atoms with Crippen LogP contribution < -0.4 is 0 Å². The summed E-state index contributed by atoms with van der Waals surface area (Å²) in [5.74, 6) is -0.823. The molecule has 3 nitrogen and oxygen atoms in total. The molecule has 0 N–H and O–H groups in total. The lowest BCUT2D eigenvalue weighted by atomic mass is 10.2. The molecular formula is C10H20F3NO2S. The molecule has 0 aromatic heterocycles. The Balaban J connectivity index is 0.00000121. The number of hydrogen-bond donors (Lipinski definition) is 0.